The van der Waals surface area contributed by atoms with Crippen LogP contribution in [0.5, 0.6) is 0 Å². The van der Waals surface area contributed by atoms with E-state index in [1.54, 1.807) is 0 Å². The first-order valence-electron chi connectivity index (χ1n) is 7.79. The van der Waals surface area contributed by atoms with E-state index in [0.717, 1.165) is 22.8 Å². The number of aromatic nitrogens is 2. The van der Waals surface area contributed by atoms with E-state index in [1.807, 2.05) is 25.1 Å². The molecule has 0 saturated heterocycles. The highest BCUT2D eigenvalue weighted by Gasteiger charge is 2.26. The molecule has 1 aliphatic rings. The summed E-state index contributed by atoms with van der Waals surface area (Å²) in [7, 11) is 2.19. The van der Waals surface area contributed by atoms with Crippen LogP contribution in [0.25, 0.3) is 5.69 Å². The number of aryl methyl sites for hydroxylation is 1. The summed E-state index contributed by atoms with van der Waals surface area (Å²) in [5.74, 6) is 1.16. The number of hydrogen-bond acceptors (Lipinski definition) is 3. The molecule has 1 saturated carbocycles. The third-order valence-electron chi connectivity index (χ3n) is 4.57. The number of anilines is 1. The summed E-state index contributed by atoms with van der Waals surface area (Å²) >= 11 is 0. The fraction of sp³-hybridized carbons (Fsp3) is 0.471. The molecule has 1 aromatic heterocycles. The summed E-state index contributed by atoms with van der Waals surface area (Å²) in [6.45, 7) is 2.58. The van der Waals surface area contributed by atoms with Gasteiger partial charge in [-0.15, -0.1) is 0 Å². The molecule has 0 atom stereocenters. The van der Waals surface area contributed by atoms with Crippen molar-refractivity contribution in [1.82, 2.24) is 9.78 Å². The molecule has 1 aliphatic carbocycles. The first-order valence-corrected chi connectivity index (χ1v) is 7.79. The zero-order valence-electron chi connectivity index (χ0n) is 12.9. The zero-order chi connectivity index (χ0) is 14.8. The highest BCUT2D eigenvalue weighted by molar-refractivity contribution is 5.55. The standard InChI is InChI=1S/C17H24N4/c1-13-16(12-18)17(20(2)14-8-6-7-9-14)21(19-13)15-10-4-3-5-11-15/h3-5,10-11,14H,6-9,12,18H2,1-2H3. The summed E-state index contributed by atoms with van der Waals surface area (Å²) in [5, 5.41) is 4.74. The van der Waals surface area contributed by atoms with Crippen LogP contribution in [-0.4, -0.2) is 22.9 Å². The van der Waals surface area contributed by atoms with Gasteiger partial charge in [0.15, 0.2) is 0 Å². The molecule has 0 unspecified atom stereocenters. The Balaban J connectivity index is 2.08. The Kier molecular flexibility index (Phi) is 3.97. The number of para-hydroxylation sites is 1. The highest BCUT2D eigenvalue weighted by Crippen LogP contribution is 2.32. The normalized spacial score (nSPS) is 15.6. The van der Waals surface area contributed by atoms with Crippen molar-refractivity contribution < 1.29 is 0 Å². The first-order chi connectivity index (χ1) is 10.2. The highest BCUT2D eigenvalue weighted by atomic mass is 15.4. The average Bonchev–Trinajstić information content (AvgIpc) is 3.15. The molecule has 112 valence electrons. The molecular formula is C17H24N4. The molecule has 0 spiro atoms. The van der Waals surface area contributed by atoms with Gasteiger partial charge in [-0.25, -0.2) is 4.68 Å². The second-order valence-corrected chi connectivity index (χ2v) is 5.89. The Morgan fingerprint density at radius 2 is 1.90 bits per heavy atom. The minimum absolute atomic E-state index is 0.533. The molecule has 2 N–H and O–H groups in total. The lowest BCUT2D eigenvalue weighted by Gasteiger charge is -2.28. The Bertz CT molecular complexity index is 597. The van der Waals surface area contributed by atoms with Gasteiger partial charge in [-0.1, -0.05) is 31.0 Å². The summed E-state index contributed by atoms with van der Waals surface area (Å²) in [5.41, 5.74) is 9.29. The van der Waals surface area contributed by atoms with E-state index >= 15 is 0 Å². The molecule has 1 aromatic carbocycles. The molecule has 21 heavy (non-hydrogen) atoms. The van der Waals surface area contributed by atoms with Crippen LogP contribution < -0.4 is 10.6 Å². The molecule has 0 amide bonds. The van der Waals surface area contributed by atoms with Crippen LogP contribution in [0.4, 0.5) is 5.82 Å². The molecule has 4 heteroatoms. The van der Waals surface area contributed by atoms with E-state index in [-0.39, 0.29) is 0 Å². The maximum Gasteiger partial charge on any atom is 0.137 e. The average molecular weight is 284 g/mol. The number of rotatable bonds is 4. The number of nitrogens with zero attached hydrogens (tertiary/aromatic N) is 3. The summed E-state index contributed by atoms with van der Waals surface area (Å²) in [6, 6.07) is 10.9. The van der Waals surface area contributed by atoms with E-state index in [2.05, 4.69) is 28.8 Å². The SMILES string of the molecule is Cc1nn(-c2ccccc2)c(N(C)C2CCCC2)c1CN. The molecule has 4 nitrogen and oxygen atoms in total. The maximum atomic E-state index is 6.00. The molecule has 3 rings (SSSR count). The molecule has 0 aliphatic heterocycles. The van der Waals surface area contributed by atoms with Crippen molar-refractivity contribution in [1.29, 1.82) is 0 Å². The van der Waals surface area contributed by atoms with Crippen LogP contribution >= 0.6 is 0 Å². The third-order valence-corrected chi connectivity index (χ3v) is 4.57. The summed E-state index contributed by atoms with van der Waals surface area (Å²) < 4.78 is 2.05. The second kappa shape index (κ2) is 5.90. The Morgan fingerprint density at radius 1 is 1.24 bits per heavy atom. The fourth-order valence-corrected chi connectivity index (χ4v) is 3.36. The van der Waals surface area contributed by atoms with E-state index in [4.69, 9.17) is 10.8 Å². The van der Waals surface area contributed by atoms with Gasteiger partial charge in [0, 0.05) is 25.2 Å². The Hall–Kier alpha value is -1.81. The van der Waals surface area contributed by atoms with Crippen molar-refractivity contribution in [2.45, 2.75) is 45.2 Å². The predicted octanol–water partition coefficient (Wildman–Crippen LogP) is 3.02. The van der Waals surface area contributed by atoms with E-state index in [1.165, 1.54) is 25.7 Å². The Morgan fingerprint density at radius 3 is 2.52 bits per heavy atom. The molecule has 0 bridgehead atoms. The second-order valence-electron chi connectivity index (χ2n) is 5.89. The van der Waals surface area contributed by atoms with Crippen LogP contribution in [0.2, 0.25) is 0 Å². The van der Waals surface area contributed by atoms with E-state index in [9.17, 15) is 0 Å². The van der Waals surface area contributed by atoms with Crippen LogP contribution in [0.3, 0.4) is 0 Å². The molecule has 1 heterocycles. The lowest BCUT2D eigenvalue weighted by atomic mass is 10.1. The summed E-state index contributed by atoms with van der Waals surface area (Å²) in [6.07, 6.45) is 5.18. The van der Waals surface area contributed by atoms with Gasteiger partial charge in [0.1, 0.15) is 5.82 Å². The lowest BCUT2D eigenvalue weighted by molar-refractivity contribution is 0.633. The third kappa shape index (κ3) is 2.56. The number of nitrogens with two attached hydrogens (primary N) is 1. The number of benzene rings is 1. The van der Waals surface area contributed by atoms with Gasteiger partial charge in [0.05, 0.1) is 11.4 Å². The predicted molar refractivity (Wildman–Crippen MR) is 86.9 cm³/mol. The van der Waals surface area contributed by atoms with Crippen molar-refractivity contribution in [3.8, 4) is 5.69 Å². The largest absolute Gasteiger partial charge is 0.356 e. The topological polar surface area (TPSA) is 47.1 Å². The quantitative estimate of drug-likeness (QED) is 0.938. The van der Waals surface area contributed by atoms with Crippen molar-refractivity contribution >= 4 is 5.82 Å². The van der Waals surface area contributed by atoms with Crippen molar-refractivity contribution in [2.24, 2.45) is 5.73 Å². The van der Waals surface area contributed by atoms with Crippen LogP contribution in [0, 0.1) is 6.92 Å². The summed E-state index contributed by atoms with van der Waals surface area (Å²) in [4.78, 5) is 2.39. The van der Waals surface area contributed by atoms with Gasteiger partial charge in [-0.05, 0) is 31.9 Å². The van der Waals surface area contributed by atoms with Gasteiger partial charge in [-0.2, -0.15) is 5.10 Å². The molecular weight excluding hydrogens is 260 g/mol. The lowest BCUT2D eigenvalue weighted by Crippen LogP contribution is -2.31. The van der Waals surface area contributed by atoms with Crippen LogP contribution in [0.1, 0.15) is 36.9 Å². The monoisotopic (exact) mass is 284 g/mol. The van der Waals surface area contributed by atoms with E-state index < -0.39 is 0 Å². The Labute approximate surface area is 126 Å². The molecule has 0 radical (unpaired) electrons. The molecule has 2 aromatic rings. The minimum atomic E-state index is 0.533. The van der Waals surface area contributed by atoms with Gasteiger partial charge in [-0.3, -0.25) is 0 Å². The van der Waals surface area contributed by atoms with Gasteiger partial charge >= 0.3 is 0 Å². The van der Waals surface area contributed by atoms with Crippen molar-refractivity contribution in [3.63, 3.8) is 0 Å². The van der Waals surface area contributed by atoms with E-state index in [0.29, 0.717) is 12.6 Å². The molecule has 1 fully saturated rings. The maximum absolute atomic E-state index is 6.00. The van der Waals surface area contributed by atoms with Crippen molar-refractivity contribution in [2.75, 3.05) is 11.9 Å². The van der Waals surface area contributed by atoms with Gasteiger partial charge < -0.3 is 10.6 Å². The van der Waals surface area contributed by atoms with Crippen molar-refractivity contribution in [3.05, 3.63) is 41.6 Å². The zero-order valence-corrected chi connectivity index (χ0v) is 12.9. The number of hydrogen-bond donors (Lipinski definition) is 1. The smallest absolute Gasteiger partial charge is 0.137 e. The van der Waals surface area contributed by atoms with Crippen LogP contribution in [-0.2, 0) is 6.54 Å². The van der Waals surface area contributed by atoms with Crippen LogP contribution in [0.15, 0.2) is 30.3 Å². The fourth-order valence-electron chi connectivity index (χ4n) is 3.36. The minimum Gasteiger partial charge on any atom is -0.356 e. The van der Waals surface area contributed by atoms with Gasteiger partial charge in [0.2, 0.25) is 0 Å². The first kappa shape index (κ1) is 14.1. The van der Waals surface area contributed by atoms with Gasteiger partial charge in [0.25, 0.3) is 0 Å².